The van der Waals surface area contributed by atoms with Crippen LogP contribution >= 0.6 is 0 Å². The third kappa shape index (κ3) is 13.5. The average Bonchev–Trinajstić information content (AvgIpc) is 3.20. The van der Waals surface area contributed by atoms with Gasteiger partial charge in [-0.25, -0.2) is 9.59 Å². The molecule has 7 heteroatoms. The summed E-state index contributed by atoms with van der Waals surface area (Å²) in [6.07, 6.45) is 24.1. The number of benzene rings is 1. The van der Waals surface area contributed by atoms with Gasteiger partial charge >= 0.3 is 11.9 Å². The van der Waals surface area contributed by atoms with E-state index in [1.54, 1.807) is 13.8 Å². The predicted molar refractivity (Wildman–Crippen MR) is 222 cm³/mol. The zero-order valence-electron chi connectivity index (χ0n) is 35.1. The largest absolute Gasteiger partial charge is 0.493 e. The Morgan fingerprint density at radius 1 is 0.691 bits per heavy atom. The Morgan fingerprint density at radius 3 is 1.56 bits per heavy atom. The van der Waals surface area contributed by atoms with E-state index in [2.05, 4.69) is 32.2 Å². The van der Waals surface area contributed by atoms with Crippen LogP contribution < -0.4 is 4.74 Å². The summed E-state index contributed by atoms with van der Waals surface area (Å²) in [5.74, 6) is 4.91. The molecule has 0 heterocycles. The molecule has 0 unspecified atom stereocenters. The molecule has 3 fully saturated rings. The van der Waals surface area contributed by atoms with E-state index in [9.17, 15) is 19.8 Å². The van der Waals surface area contributed by atoms with Gasteiger partial charge in [0.2, 0.25) is 0 Å². The maximum absolute atomic E-state index is 12.3. The van der Waals surface area contributed by atoms with Crippen LogP contribution in [0.1, 0.15) is 166 Å². The Labute approximate surface area is 334 Å². The van der Waals surface area contributed by atoms with Gasteiger partial charge in [0.15, 0.2) is 0 Å². The maximum atomic E-state index is 12.3. The Hall–Kier alpha value is -2.64. The molecule has 0 aliphatic heterocycles. The number of hydrogen-bond acceptors (Lipinski definition) is 7. The van der Waals surface area contributed by atoms with Crippen molar-refractivity contribution in [3.05, 3.63) is 53.1 Å². The number of carbonyl (C=O) groups is 2. The molecule has 4 rings (SSSR count). The van der Waals surface area contributed by atoms with Crippen LogP contribution in [0.5, 0.6) is 5.75 Å². The van der Waals surface area contributed by atoms with Crippen LogP contribution in [0, 0.1) is 35.0 Å². The van der Waals surface area contributed by atoms with E-state index in [-0.39, 0.29) is 26.4 Å². The summed E-state index contributed by atoms with van der Waals surface area (Å²) in [4.78, 5) is 24.6. The highest BCUT2D eigenvalue weighted by Crippen LogP contribution is 2.48. The van der Waals surface area contributed by atoms with Gasteiger partial charge in [0.1, 0.15) is 5.75 Å². The molecule has 0 bridgehead atoms. The third-order valence-electron chi connectivity index (χ3n) is 14.0. The van der Waals surface area contributed by atoms with Crippen molar-refractivity contribution in [3.63, 3.8) is 0 Å². The Kier molecular flexibility index (Phi) is 18.8. The first kappa shape index (κ1) is 45.1. The van der Waals surface area contributed by atoms with Crippen molar-refractivity contribution in [1.29, 1.82) is 0 Å². The van der Waals surface area contributed by atoms with E-state index in [1.807, 2.05) is 6.92 Å². The zero-order valence-corrected chi connectivity index (χ0v) is 35.1. The molecule has 7 nitrogen and oxygen atoms in total. The Bertz CT molecular complexity index is 1290. The van der Waals surface area contributed by atoms with Gasteiger partial charge in [-0.1, -0.05) is 77.7 Å². The highest BCUT2D eigenvalue weighted by molar-refractivity contribution is 5.87. The molecule has 0 spiro atoms. The lowest BCUT2D eigenvalue weighted by Crippen LogP contribution is -2.31. The smallest absolute Gasteiger partial charge is 0.333 e. The van der Waals surface area contributed by atoms with Gasteiger partial charge < -0.3 is 24.4 Å². The SMILES string of the molecule is C=C(C)C(=O)OCCc1cc(C2CCC(C3CCC(C4CCC(CCCCC)CC4)CC3)CC2)cc(CCOC(=O)C(=C)C)c1OCCC(CC)(CO)CO. The topological polar surface area (TPSA) is 102 Å². The second kappa shape index (κ2) is 22.9. The van der Waals surface area contributed by atoms with Gasteiger partial charge in [-0.15, -0.1) is 0 Å². The molecule has 0 amide bonds. The van der Waals surface area contributed by atoms with Crippen molar-refractivity contribution >= 4 is 11.9 Å². The number of aliphatic hydroxyl groups excluding tert-OH is 2. The van der Waals surface area contributed by atoms with Crippen LogP contribution in [0.15, 0.2) is 36.4 Å². The lowest BCUT2D eigenvalue weighted by molar-refractivity contribution is -0.139. The summed E-state index contributed by atoms with van der Waals surface area (Å²) in [5, 5.41) is 20.1. The normalized spacial score (nSPS) is 24.5. The fourth-order valence-electron chi connectivity index (χ4n) is 9.95. The van der Waals surface area contributed by atoms with Gasteiger partial charge in [0.25, 0.3) is 0 Å². The lowest BCUT2D eigenvalue weighted by atomic mass is 9.64. The van der Waals surface area contributed by atoms with Gasteiger partial charge in [-0.05, 0) is 143 Å². The average molecular weight is 765 g/mol. The summed E-state index contributed by atoms with van der Waals surface area (Å²) in [5.41, 5.74) is 3.28. The van der Waals surface area contributed by atoms with Crippen LogP contribution in [-0.2, 0) is 31.9 Å². The summed E-state index contributed by atoms with van der Waals surface area (Å²) in [7, 11) is 0. The van der Waals surface area contributed by atoms with E-state index in [0.717, 1.165) is 53.6 Å². The number of carbonyl (C=O) groups excluding carboxylic acids is 2. The minimum Gasteiger partial charge on any atom is -0.493 e. The molecule has 0 saturated heterocycles. The molecule has 0 atom stereocenters. The van der Waals surface area contributed by atoms with E-state index >= 15 is 0 Å². The fraction of sp³-hybridized carbons (Fsp3) is 0.750. The molecular formula is C48H76O7. The number of ether oxygens (including phenoxy) is 3. The second-order valence-corrected chi connectivity index (χ2v) is 17.8. The number of hydrogen-bond donors (Lipinski definition) is 2. The van der Waals surface area contributed by atoms with E-state index < -0.39 is 17.4 Å². The summed E-state index contributed by atoms with van der Waals surface area (Å²) in [6.45, 7) is 15.5. The van der Waals surface area contributed by atoms with E-state index in [0.29, 0.717) is 55.1 Å². The maximum Gasteiger partial charge on any atom is 0.333 e. The molecule has 3 aliphatic carbocycles. The van der Waals surface area contributed by atoms with E-state index in [4.69, 9.17) is 14.2 Å². The molecule has 0 radical (unpaired) electrons. The van der Waals surface area contributed by atoms with Gasteiger partial charge in [0, 0.05) is 29.4 Å². The first-order chi connectivity index (χ1) is 26.5. The van der Waals surface area contributed by atoms with Gasteiger partial charge in [0.05, 0.1) is 33.0 Å². The predicted octanol–water partition coefficient (Wildman–Crippen LogP) is 10.6. The highest BCUT2D eigenvalue weighted by atomic mass is 16.5. The number of unbranched alkanes of at least 4 members (excludes halogenated alkanes) is 2. The van der Waals surface area contributed by atoms with Crippen LogP contribution in [0.3, 0.4) is 0 Å². The molecule has 3 saturated carbocycles. The molecule has 2 N–H and O–H groups in total. The van der Waals surface area contributed by atoms with Gasteiger partial charge in [-0.2, -0.15) is 0 Å². The summed E-state index contributed by atoms with van der Waals surface area (Å²) < 4.78 is 17.6. The standard InChI is InChI=1S/C48H76O7/c1-7-9-10-11-36-12-14-37(15-13-36)38-16-18-39(19-17-38)40-20-22-41(23-21-40)44-30-42(24-27-54-46(51)34(3)4)45(53-29-26-48(8-2,32-49)33-50)43(31-44)25-28-55-47(52)35(5)6/h30-31,36-41,49-50H,3,5,7-29,32-33H2,1-2,4,6H3. The van der Waals surface area contributed by atoms with Crippen LogP contribution in [-0.4, -0.2) is 55.2 Å². The minimum atomic E-state index is -0.626. The molecule has 1 aromatic carbocycles. The number of aliphatic hydroxyl groups is 2. The quantitative estimate of drug-likeness (QED) is 0.0688. The Balaban J connectivity index is 1.43. The van der Waals surface area contributed by atoms with Crippen molar-refractivity contribution in [2.75, 3.05) is 33.0 Å². The molecule has 1 aromatic rings. The van der Waals surface area contributed by atoms with Crippen LogP contribution in [0.2, 0.25) is 0 Å². The van der Waals surface area contributed by atoms with Gasteiger partial charge in [-0.3, -0.25) is 0 Å². The zero-order chi connectivity index (χ0) is 39.8. The molecule has 55 heavy (non-hydrogen) atoms. The molecule has 0 aromatic heterocycles. The molecule has 3 aliphatic rings. The first-order valence-electron chi connectivity index (χ1n) is 22.2. The highest BCUT2D eigenvalue weighted by Gasteiger charge is 2.35. The Morgan fingerprint density at radius 2 is 1.15 bits per heavy atom. The van der Waals surface area contributed by atoms with Crippen molar-refractivity contribution in [2.45, 2.75) is 162 Å². The fourth-order valence-corrected chi connectivity index (χ4v) is 9.95. The third-order valence-corrected chi connectivity index (χ3v) is 14.0. The lowest BCUT2D eigenvalue weighted by Gasteiger charge is -2.41. The minimum absolute atomic E-state index is 0.125. The van der Waals surface area contributed by atoms with Crippen LogP contribution in [0.25, 0.3) is 0 Å². The molecule has 310 valence electrons. The van der Waals surface area contributed by atoms with Crippen LogP contribution in [0.4, 0.5) is 0 Å². The van der Waals surface area contributed by atoms with E-state index in [1.165, 1.54) is 95.5 Å². The first-order valence-corrected chi connectivity index (χ1v) is 22.2. The summed E-state index contributed by atoms with van der Waals surface area (Å²) in [6, 6.07) is 4.49. The van der Waals surface area contributed by atoms with Crippen molar-refractivity contribution in [2.24, 2.45) is 35.0 Å². The summed E-state index contributed by atoms with van der Waals surface area (Å²) >= 11 is 0. The number of esters is 2. The number of rotatable bonds is 22. The van der Waals surface area contributed by atoms with Crippen molar-refractivity contribution in [1.82, 2.24) is 0 Å². The second-order valence-electron chi connectivity index (χ2n) is 17.8. The van der Waals surface area contributed by atoms with Crippen molar-refractivity contribution < 1.29 is 34.0 Å². The van der Waals surface area contributed by atoms with Crippen molar-refractivity contribution in [3.8, 4) is 5.75 Å². The molecular weight excluding hydrogens is 689 g/mol. The monoisotopic (exact) mass is 765 g/mol.